The number of carbonyl (C=O) groups is 2. The number of hydrogen-bond donors (Lipinski definition) is 3. The van der Waals surface area contributed by atoms with Gasteiger partial charge in [0.25, 0.3) is 5.91 Å². The summed E-state index contributed by atoms with van der Waals surface area (Å²) in [7, 11) is 1.49. The number of carbonyl (C=O) groups excluding carboxylic acids is 2. The highest BCUT2D eigenvalue weighted by Crippen LogP contribution is 2.23. The van der Waals surface area contributed by atoms with Crippen molar-refractivity contribution in [1.82, 2.24) is 14.7 Å². The number of urea groups is 1. The molecule has 8 nitrogen and oxygen atoms in total. The van der Waals surface area contributed by atoms with Gasteiger partial charge in [0.1, 0.15) is 22.4 Å². The predicted molar refractivity (Wildman–Crippen MR) is 98.4 cm³/mol. The lowest BCUT2D eigenvalue weighted by atomic mass is 10.1. The van der Waals surface area contributed by atoms with Gasteiger partial charge in [-0.1, -0.05) is 11.6 Å². The van der Waals surface area contributed by atoms with Crippen LogP contribution in [0.3, 0.4) is 0 Å². The molecule has 150 valence electrons. The quantitative estimate of drug-likeness (QED) is 0.673. The highest BCUT2D eigenvalue weighted by molar-refractivity contribution is 6.31. The summed E-state index contributed by atoms with van der Waals surface area (Å²) in [6.45, 7) is 0.835. The minimum Gasteiger partial charge on any atom is -0.393 e. The van der Waals surface area contributed by atoms with Gasteiger partial charge in [0.05, 0.1) is 6.10 Å². The van der Waals surface area contributed by atoms with E-state index in [1.54, 1.807) is 4.90 Å². The lowest BCUT2D eigenvalue weighted by molar-refractivity contribution is 0.0970. The zero-order valence-corrected chi connectivity index (χ0v) is 15.6. The van der Waals surface area contributed by atoms with E-state index in [0.717, 1.165) is 12.1 Å². The standard InChI is InChI=1S/C17H18ClF2N5O3/c1-24-13(16(27)21-9-6-11(19)15(18)12(20)7-9)8-14(23-24)22-17(28)25-4-2-10(26)3-5-25/h6-8,10,26H,2-5H2,1H3,(H,21,27)(H,22,23,28). The van der Waals surface area contributed by atoms with Gasteiger partial charge in [-0.15, -0.1) is 0 Å². The van der Waals surface area contributed by atoms with Gasteiger partial charge in [0.15, 0.2) is 5.82 Å². The summed E-state index contributed by atoms with van der Waals surface area (Å²) in [5, 5.41) is 17.8. The molecule has 2 heterocycles. The summed E-state index contributed by atoms with van der Waals surface area (Å²) >= 11 is 5.42. The van der Waals surface area contributed by atoms with Crippen molar-refractivity contribution in [2.24, 2.45) is 7.05 Å². The highest BCUT2D eigenvalue weighted by Gasteiger charge is 2.23. The number of rotatable bonds is 3. The first-order valence-corrected chi connectivity index (χ1v) is 8.86. The Bertz CT molecular complexity index is 889. The second-order valence-corrected chi connectivity index (χ2v) is 6.77. The Kier molecular flexibility index (Phi) is 5.80. The van der Waals surface area contributed by atoms with Crippen LogP contribution >= 0.6 is 11.6 Å². The van der Waals surface area contributed by atoms with Crippen LogP contribution in [0.1, 0.15) is 23.3 Å². The molecule has 11 heteroatoms. The average molecular weight is 414 g/mol. The van der Waals surface area contributed by atoms with Crippen LogP contribution in [0, 0.1) is 11.6 Å². The van der Waals surface area contributed by atoms with Gasteiger partial charge >= 0.3 is 6.03 Å². The summed E-state index contributed by atoms with van der Waals surface area (Å²) in [6.07, 6.45) is 0.589. The number of amides is 3. The lowest BCUT2D eigenvalue weighted by Gasteiger charge is -2.29. The zero-order valence-electron chi connectivity index (χ0n) is 14.9. The number of aliphatic hydroxyl groups excluding tert-OH is 1. The van der Waals surface area contributed by atoms with E-state index in [1.165, 1.54) is 17.8 Å². The number of aromatic nitrogens is 2. The molecule has 2 aromatic rings. The van der Waals surface area contributed by atoms with E-state index in [9.17, 15) is 23.5 Å². The van der Waals surface area contributed by atoms with Crippen molar-refractivity contribution in [3.05, 3.63) is 40.6 Å². The molecular weight excluding hydrogens is 396 g/mol. The summed E-state index contributed by atoms with van der Waals surface area (Å²) in [5.41, 5.74) is -0.0387. The molecule has 3 N–H and O–H groups in total. The Morgan fingerprint density at radius 3 is 2.39 bits per heavy atom. The SMILES string of the molecule is Cn1nc(NC(=O)N2CCC(O)CC2)cc1C(=O)Nc1cc(F)c(Cl)c(F)c1. The van der Waals surface area contributed by atoms with Gasteiger partial charge in [-0.2, -0.15) is 5.10 Å². The van der Waals surface area contributed by atoms with Crippen molar-refractivity contribution in [2.75, 3.05) is 23.7 Å². The van der Waals surface area contributed by atoms with Crippen LogP contribution < -0.4 is 10.6 Å². The fraction of sp³-hybridized carbons (Fsp3) is 0.353. The van der Waals surface area contributed by atoms with E-state index in [-0.39, 0.29) is 23.2 Å². The van der Waals surface area contributed by atoms with Crippen molar-refractivity contribution >= 4 is 35.0 Å². The molecule has 3 amide bonds. The lowest BCUT2D eigenvalue weighted by Crippen LogP contribution is -2.42. The Morgan fingerprint density at radius 1 is 1.18 bits per heavy atom. The largest absolute Gasteiger partial charge is 0.393 e. The van der Waals surface area contributed by atoms with Crippen LogP contribution in [-0.2, 0) is 7.05 Å². The highest BCUT2D eigenvalue weighted by atomic mass is 35.5. The number of aryl methyl sites for hydroxylation is 1. The van der Waals surface area contributed by atoms with E-state index < -0.39 is 28.7 Å². The first-order valence-electron chi connectivity index (χ1n) is 8.48. The molecule has 0 radical (unpaired) electrons. The predicted octanol–water partition coefficient (Wildman–Crippen LogP) is 2.59. The molecule has 0 spiro atoms. The first kappa shape index (κ1) is 20.0. The summed E-state index contributed by atoms with van der Waals surface area (Å²) in [5.74, 6) is -2.52. The number of halogens is 3. The van der Waals surface area contributed by atoms with Gasteiger partial charge < -0.3 is 15.3 Å². The van der Waals surface area contributed by atoms with Crippen LogP contribution in [0.25, 0.3) is 0 Å². The maximum absolute atomic E-state index is 13.5. The second kappa shape index (κ2) is 8.11. The molecule has 1 aromatic carbocycles. The zero-order chi connectivity index (χ0) is 20.4. The normalized spacial score (nSPS) is 14.8. The maximum Gasteiger partial charge on any atom is 0.323 e. The Hall–Kier alpha value is -2.72. The molecule has 1 aromatic heterocycles. The monoisotopic (exact) mass is 413 g/mol. The molecule has 1 fully saturated rings. The number of anilines is 2. The second-order valence-electron chi connectivity index (χ2n) is 6.39. The number of nitrogens with one attached hydrogen (secondary N) is 2. The van der Waals surface area contributed by atoms with Crippen molar-refractivity contribution < 1.29 is 23.5 Å². The van der Waals surface area contributed by atoms with Gasteiger partial charge in [0.2, 0.25) is 0 Å². The Labute approximate surface area is 164 Å². The van der Waals surface area contributed by atoms with E-state index in [0.29, 0.717) is 25.9 Å². The smallest absolute Gasteiger partial charge is 0.323 e. The molecule has 3 rings (SSSR count). The van der Waals surface area contributed by atoms with E-state index >= 15 is 0 Å². The molecule has 0 saturated carbocycles. The molecule has 0 bridgehead atoms. The molecule has 1 aliphatic heterocycles. The van der Waals surface area contributed by atoms with Crippen molar-refractivity contribution in [2.45, 2.75) is 18.9 Å². The Balaban J connectivity index is 1.68. The summed E-state index contributed by atoms with van der Waals surface area (Å²) in [6, 6.07) is 2.74. The summed E-state index contributed by atoms with van der Waals surface area (Å²) < 4.78 is 28.3. The van der Waals surface area contributed by atoms with Crippen LogP contribution in [0.2, 0.25) is 5.02 Å². The fourth-order valence-corrected chi connectivity index (χ4v) is 2.93. The minimum absolute atomic E-state index is 0.0696. The van der Waals surface area contributed by atoms with Crippen LogP contribution in [0.4, 0.5) is 25.1 Å². The van der Waals surface area contributed by atoms with Crippen LogP contribution in [0.15, 0.2) is 18.2 Å². The van der Waals surface area contributed by atoms with Crippen molar-refractivity contribution in [3.63, 3.8) is 0 Å². The van der Waals surface area contributed by atoms with Crippen LogP contribution in [-0.4, -0.2) is 50.9 Å². The van der Waals surface area contributed by atoms with E-state index in [1.807, 2.05) is 0 Å². The van der Waals surface area contributed by atoms with Gasteiger partial charge in [-0.3, -0.25) is 14.8 Å². The topological polar surface area (TPSA) is 99.5 Å². The van der Waals surface area contributed by atoms with Crippen molar-refractivity contribution in [3.8, 4) is 0 Å². The fourth-order valence-electron chi connectivity index (χ4n) is 2.82. The third-order valence-electron chi connectivity index (χ3n) is 4.34. The third kappa shape index (κ3) is 4.39. The van der Waals surface area contributed by atoms with Gasteiger partial charge in [0, 0.05) is 31.9 Å². The van der Waals surface area contributed by atoms with E-state index in [2.05, 4.69) is 15.7 Å². The summed E-state index contributed by atoms with van der Waals surface area (Å²) in [4.78, 5) is 26.2. The Morgan fingerprint density at radius 2 is 1.79 bits per heavy atom. The number of likely N-dealkylation sites (tertiary alicyclic amines) is 1. The number of nitrogens with zero attached hydrogens (tertiary/aromatic N) is 3. The number of benzene rings is 1. The minimum atomic E-state index is -0.999. The van der Waals surface area contributed by atoms with Crippen molar-refractivity contribution in [1.29, 1.82) is 0 Å². The average Bonchev–Trinajstić information content (AvgIpc) is 3.00. The van der Waals surface area contributed by atoms with E-state index in [4.69, 9.17) is 11.6 Å². The molecule has 0 atom stereocenters. The maximum atomic E-state index is 13.5. The molecular formula is C17H18ClF2N5O3. The van der Waals surface area contributed by atoms with Crippen LogP contribution in [0.5, 0.6) is 0 Å². The number of hydrogen-bond acceptors (Lipinski definition) is 4. The molecule has 0 aliphatic carbocycles. The third-order valence-corrected chi connectivity index (χ3v) is 4.70. The molecule has 28 heavy (non-hydrogen) atoms. The number of piperidine rings is 1. The van der Waals surface area contributed by atoms with Gasteiger partial charge in [-0.05, 0) is 25.0 Å². The number of aliphatic hydroxyl groups is 1. The van der Waals surface area contributed by atoms with Gasteiger partial charge in [-0.25, -0.2) is 13.6 Å². The first-order chi connectivity index (χ1) is 13.2. The molecule has 1 aliphatic rings. The molecule has 0 unspecified atom stereocenters. The molecule has 1 saturated heterocycles.